The minimum absolute atomic E-state index is 0.00593. The predicted molar refractivity (Wildman–Crippen MR) is 139 cm³/mol. The molecule has 1 fully saturated rings. The van der Waals surface area contributed by atoms with Gasteiger partial charge in [0.15, 0.2) is 11.5 Å². The van der Waals surface area contributed by atoms with Gasteiger partial charge in [0.2, 0.25) is 5.91 Å². The maximum Gasteiger partial charge on any atom is 0.254 e. The van der Waals surface area contributed by atoms with Gasteiger partial charge < -0.3 is 24.1 Å². The molecule has 0 saturated carbocycles. The first-order valence-electron chi connectivity index (χ1n) is 12.3. The topological polar surface area (TPSA) is 93.9 Å². The molecule has 3 heterocycles. The number of carbonyl (C=O) groups excluding carboxylic acids is 2. The van der Waals surface area contributed by atoms with Crippen molar-refractivity contribution < 1.29 is 23.5 Å². The molecule has 1 saturated heterocycles. The molecule has 8 nitrogen and oxygen atoms in total. The largest absolute Gasteiger partial charge is 0.493 e. The van der Waals surface area contributed by atoms with Crippen LogP contribution in [0.25, 0.3) is 22.2 Å². The highest BCUT2D eigenvalue weighted by Gasteiger charge is 2.29. The van der Waals surface area contributed by atoms with Crippen molar-refractivity contribution in [2.75, 3.05) is 27.3 Å². The van der Waals surface area contributed by atoms with Crippen molar-refractivity contribution in [3.63, 3.8) is 0 Å². The van der Waals surface area contributed by atoms with Crippen molar-refractivity contribution in [3.8, 4) is 22.8 Å². The van der Waals surface area contributed by atoms with Crippen LogP contribution >= 0.6 is 0 Å². The van der Waals surface area contributed by atoms with Gasteiger partial charge in [-0.15, -0.1) is 0 Å². The molecule has 0 bridgehead atoms. The molecule has 0 atom stereocenters. The van der Waals surface area contributed by atoms with Crippen molar-refractivity contribution in [1.29, 1.82) is 0 Å². The van der Waals surface area contributed by atoms with E-state index in [-0.39, 0.29) is 17.7 Å². The highest BCUT2D eigenvalue weighted by Crippen LogP contribution is 2.33. The zero-order chi connectivity index (χ0) is 25.8. The molecule has 1 aliphatic heterocycles. The fourth-order valence-electron chi connectivity index (χ4n) is 4.74. The van der Waals surface area contributed by atoms with E-state index in [0.717, 1.165) is 22.2 Å². The van der Waals surface area contributed by atoms with Gasteiger partial charge in [-0.1, -0.05) is 18.2 Å². The first-order chi connectivity index (χ1) is 18.1. The minimum atomic E-state index is -0.129. The van der Waals surface area contributed by atoms with Crippen molar-refractivity contribution in [2.24, 2.45) is 5.92 Å². The number of rotatable bonds is 7. The van der Waals surface area contributed by atoms with E-state index in [1.54, 1.807) is 26.5 Å². The van der Waals surface area contributed by atoms with E-state index < -0.39 is 0 Å². The summed E-state index contributed by atoms with van der Waals surface area (Å²) < 4.78 is 16.1. The Morgan fingerprint density at radius 1 is 1.00 bits per heavy atom. The van der Waals surface area contributed by atoms with Gasteiger partial charge in [-0.05, 0) is 55.3 Å². The SMILES string of the molecule is COc1ccc(-c2cc(C(=O)N3CCC(C(=O)NCc4ccco4)CC3)c3ccccc3n2)cc1OC. The molecule has 190 valence electrons. The van der Waals surface area contributed by atoms with Crippen molar-refractivity contribution in [2.45, 2.75) is 19.4 Å². The second-order valence-electron chi connectivity index (χ2n) is 9.01. The van der Waals surface area contributed by atoms with E-state index >= 15 is 0 Å². The lowest BCUT2D eigenvalue weighted by atomic mass is 9.94. The van der Waals surface area contributed by atoms with E-state index in [1.807, 2.05) is 59.5 Å². The Kier molecular flexibility index (Phi) is 7.07. The summed E-state index contributed by atoms with van der Waals surface area (Å²) in [4.78, 5) is 33.0. The first-order valence-corrected chi connectivity index (χ1v) is 12.3. The number of amides is 2. The summed E-state index contributed by atoms with van der Waals surface area (Å²) >= 11 is 0. The molecule has 0 radical (unpaired) electrons. The van der Waals surface area contributed by atoms with E-state index in [2.05, 4.69) is 5.32 Å². The first kappa shape index (κ1) is 24.4. The molecule has 8 heteroatoms. The van der Waals surface area contributed by atoms with E-state index in [9.17, 15) is 9.59 Å². The van der Waals surface area contributed by atoms with Gasteiger partial charge in [0.25, 0.3) is 5.91 Å². The zero-order valence-corrected chi connectivity index (χ0v) is 20.9. The van der Waals surface area contributed by atoms with Crippen LogP contribution in [0, 0.1) is 5.92 Å². The Balaban J connectivity index is 1.35. The fourth-order valence-corrected chi connectivity index (χ4v) is 4.74. The smallest absolute Gasteiger partial charge is 0.254 e. The number of carbonyl (C=O) groups is 2. The van der Waals surface area contributed by atoms with Gasteiger partial charge in [-0.25, -0.2) is 4.98 Å². The number of ether oxygens (including phenoxy) is 2. The third-order valence-corrected chi connectivity index (χ3v) is 6.80. The maximum absolute atomic E-state index is 13.7. The summed E-state index contributed by atoms with van der Waals surface area (Å²) in [6.45, 7) is 1.40. The van der Waals surface area contributed by atoms with Gasteiger partial charge in [0, 0.05) is 30.0 Å². The molecule has 4 aromatic rings. The van der Waals surface area contributed by atoms with E-state index in [1.165, 1.54) is 0 Å². The average molecular weight is 500 g/mol. The molecule has 5 rings (SSSR count). The second kappa shape index (κ2) is 10.7. The van der Waals surface area contributed by atoms with Crippen molar-refractivity contribution in [1.82, 2.24) is 15.2 Å². The average Bonchev–Trinajstić information content (AvgIpc) is 3.48. The summed E-state index contributed by atoms with van der Waals surface area (Å²) in [7, 11) is 3.18. The third-order valence-electron chi connectivity index (χ3n) is 6.80. The lowest BCUT2D eigenvalue weighted by Gasteiger charge is -2.31. The molecule has 0 spiro atoms. The number of aromatic nitrogens is 1. The number of furan rings is 1. The van der Waals surface area contributed by atoms with Crippen LogP contribution in [-0.2, 0) is 11.3 Å². The third kappa shape index (κ3) is 5.14. The van der Waals surface area contributed by atoms with E-state index in [4.69, 9.17) is 18.9 Å². The summed E-state index contributed by atoms with van der Waals surface area (Å²) in [6, 6.07) is 18.7. The van der Waals surface area contributed by atoms with Crippen LogP contribution < -0.4 is 14.8 Å². The van der Waals surface area contributed by atoms with Crippen LogP contribution in [0.2, 0.25) is 0 Å². The summed E-state index contributed by atoms with van der Waals surface area (Å²) in [5.74, 6) is 1.74. The molecule has 1 aliphatic rings. The van der Waals surface area contributed by atoms with Crippen LogP contribution in [-0.4, -0.2) is 49.0 Å². The summed E-state index contributed by atoms with van der Waals surface area (Å²) in [5, 5.41) is 3.74. The zero-order valence-electron chi connectivity index (χ0n) is 20.9. The molecular formula is C29H29N3O5. The number of likely N-dealkylation sites (tertiary alicyclic amines) is 1. The van der Waals surface area contributed by atoms with Crippen LogP contribution in [0.3, 0.4) is 0 Å². The van der Waals surface area contributed by atoms with Crippen LogP contribution in [0.5, 0.6) is 11.5 Å². The van der Waals surface area contributed by atoms with Gasteiger partial charge in [0.05, 0.1) is 43.8 Å². The van der Waals surface area contributed by atoms with Gasteiger partial charge in [-0.2, -0.15) is 0 Å². The lowest BCUT2D eigenvalue weighted by molar-refractivity contribution is -0.126. The standard InChI is InChI=1S/C29H29N3O5/c1-35-26-10-9-20(16-27(26)36-2)25-17-23(22-7-3-4-8-24(22)31-25)29(34)32-13-11-19(12-14-32)28(33)30-18-21-6-5-15-37-21/h3-10,15-17,19H,11-14,18H2,1-2H3,(H,30,33). The van der Waals surface area contributed by atoms with Crippen LogP contribution in [0.4, 0.5) is 0 Å². The minimum Gasteiger partial charge on any atom is -0.493 e. The fraction of sp³-hybridized carbons (Fsp3) is 0.276. The Hall–Kier alpha value is -4.33. The van der Waals surface area contributed by atoms with Gasteiger partial charge in [-0.3, -0.25) is 9.59 Å². The molecule has 37 heavy (non-hydrogen) atoms. The van der Waals surface area contributed by atoms with Crippen molar-refractivity contribution >= 4 is 22.7 Å². The Bertz CT molecular complexity index is 1410. The predicted octanol–water partition coefficient (Wildman–Crippen LogP) is 4.68. The Labute approximate surface area is 215 Å². The van der Waals surface area contributed by atoms with E-state index in [0.29, 0.717) is 55.2 Å². The molecule has 1 N–H and O–H groups in total. The number of piperidine rings is 1. The normalized spacial score (nSPS) is 13.9. The second-order valence-corrected chi connectivity index (χ2v) is 9.01. The van der Waals surface area contributed by atoms with Gasteiger partial charge >= 0.3 is 0 Å². The quantitative estimate of drug-likeness (QED) is 0.397. The maximum atomic E-state index is 13.7. The molecular weight excluding hydrogens is 470 g/mol. The van der Waals surface area contributed by atoms with Crippen molar-refractivity contribution in [3.05, 3.63) is 78.3 Å². The number of nitrogens with one attached hydrogen (secondary N) is 1. The Morgan fingerprint density at radius 3 is 2.51 bits per heavy atom. The number of hydrogen-bond donors (Lipinski definition) is 1. The highest BCUT2D eigenvalue weighted by molar-refractivity contribution is 6.07. The number of nitrogens with zero attached hydrogens (tertiary/aromatic N) is 2. The summed E-state index contributed by atoms with van der Waals surface area (Å²) in [6.07, 6.45) is 2.81. The number of hydrogen-bond acceptors (Lipinski definition) is 6. The number of fused-ring (bicyclic) bond motifs is 1. The van der Waals surface area contributed by atoms with Gasteiger partial charge in [0.1, 0.15) is 5.76 Å². The number of para-hydroxylation sites is 1. The lowest BCUT2D eigenvalue weighted by Crippen LogP contribution is -2.43. The number of benzene rings is 2. The van der Waals surface area contributed by atoms with Crippen LogP contribution in [0.15, 0.2) is 71.3 Å². The molecule has 2 aromatic heterocycles. The Morgan fingerprint density at radius 2 is 1.78 bits per heavy atom. The molecule has 2 amide bonds. The molecule has 0 aliphatic carbocycles. The monoisotopic (exact) mass is 499 g/mol. The van der Waals surface area contributed by atoms with Crippen LogP contribution in [0.1, 0.15) is 29.0 Å². The summed E-state index contributed by atoms with van der Waals surface area (Å²) in [5.41, 5.74) is 2.83. The highest BCUT2D eigenvalue weighted by atomic mass is 16.5. The number of methoxy groups -OCH3 is 2. The molecule has 2 aromatic carbocycles. The molecule has 0 unspecified atom stereocenters. The number of pyridine rings is 1.